The summed E-state index contributed by atoms with van der Waals surface area (Å²) in [6.45, 7) is 10.7. The minimum atomic E-state index is -1.88. The van der Waals surface area contributed by atoms with Gasteiger partial charge in [-0.3, -0.25) is 4.90 Å². The molecule has 1 aliphatic heterocycles. The van der Waals surface area contributed by atoms with Crippen molar-refractivity contribution in [1.29, 1.82) is 0 Å². The third-order valence-corrected chi connectivity index (χ3v) is 5.64. The van der Waals surface area contributed by atoms with E-state index in [1.54, 1.807) is 11.1 Å². The second-order valence-corrected chi connectivity index (χ2v) is 12.8. The second-order valence-electron chi connectivity index (χ2n) is 8.36. The topological polar surface area (TPSA) is 48.0 Å². The lowest BCUT2D eigenvalue weighted by Gasteiger charge is -2.24. The molecule has 1 fully saturated rings. The van der Waals surface area contributed by atoms with Crippen molar-refractivity contribution >= 4 is 14.4 Å². The van der Waals surface area contributed by atoms with Crippen molar-refractivity contribution in [1.82, 2.24) is 4.90 Å². The smallest absolute Gasteiger partial charge is 0.415 e. The van der Waals surface area contributed by atoms with Gasteiger partial charge in [0, 0.05) is 6.20 Å². The third kappa shape index (κ3) is 5.79. The Hall–Kier alpha value is -2.99. The van der Waals surface area contributed by atoms with Gasteiger partial charge in [0.05, 0.1) is 6.61 Å². The van der Waals surface area contributed by atoms with Crippen molar-refractivity contribution in [3.05, 3.63) is 95.6 Å². The second kappa shape index (κ2) is 9.88. The van der Waals surface area contributed by atoms with Crippen molar-refractivity contribution in [2.24, 2.45) is 0 Å². The predicted octanol–water partition coefficient (Wildman–Crippen LogP) is 6.55. The average molecular weight is 438 g/mol. The lowest BCUT2D eigenvalue weighted by molar-refractivity contribution is 0.131. The summed E-state index contributed by atoms with van der Waals surface area (Å²) in [5, 5.41) is 0. The van der Waals surface area contributed by atoms with Crippen LogP contribution in [0.3, 0.4) is 0 Å². The molecule has 0 radical (unpaired) electrons. The molecule has 6 heteroatoms. The molecule has 1 saturated heterocycles. The maximum Gasteiger partial charge on any atom is 0.415 e. The fourth-order valence-electron chi connectivity index (χ4n) is 3.51. The van der Waals surface area contributed by atoms with Crippen molar-refractivity contribution in [2.45, 2.75) is 45.6 Å². The van der Waals surface area contributed by atoms with Crippen LogP contribution in [0.4, 0.5) is 4.79 Å². The molecule has 1 amide bonds. The number of allylic oxidation sites excluding steroid dienone is 2. The van der Waals surface area contributed by atoms with E-state index >= 15 is 0 Å². The number of benzene rings is 2. The monoisotopic (exact) mass is 437 g/mol. The fraction of sp³-hybridized carbons (Fsp3) is 0.320. The van der Waals surface area contributed by atoms with Gasteiger partial charge in [0.1, 0.15) is 17.6 Å². The molecule has 31 heavy (non-hydrogen) atoms. The summed E-state index contributed by atoms with van der Waals surface area (Å²) in [4.78, 5) is 14.5. The quantitative estimate of drug-likeness (QED) is 0.267. The summed E-state index contributed by atoms with van der Waals surface area (Å²) in [5.74, 6) is 1.34. The summed E-state index contributed by atoms with van der Waals surface area (Å²) in [5.41, 5.74) is 1.96. The highest BCUT2D eigenvalue weighted by atomic mass is 28.4. The van der Waals surface area contributed by atoms with Gasteiger partial charge in [0.2, 0.25) is 8.32 Å². The van der Waals surface area contributed by atoms with Crippen LogP contribution in [0.15, 0.2) is 84.5 Å². The Labute approximate surface area is 186 Å². The Bertz CT molecular complexity index is 935. The molecule has 2 aromatic rings. The van der Waals surface area contributed by atoms with Crippen LogP contribution in [0.2, 0.25) is 19.6 Å². The molecule has 0 saturated carbocycles. The van der Waals surface area contributed by atoms with E-state index in [-0.39, 0.29) is 12.1 Å². The molecule has 0 N–H and O–H groups in total. The van der Waals surface area contributed by atoms with Gasteiger partial charge in [-0.2, -0.15) is 0 Å². The molecule has 0 spiro atoms. The number of hydrogen-bond donors (Lipinski definition) is 0. The van der Waals surface area contributed by atoms with Crippen molar-refractivity contribution in [3.63, 3.8) is 0 Å². The third-order valence-electron chi connectivity index (χ3n) is 4.80. The van der Waals surface area contributed by atoms with Gasteiger partial charge < -0.3 is 13.9 Å². The van der Waals surface area contributed by atoms with Gasteiger partial charge in [-0.25, -0.2) is 4.79 Å². The van der Waals surface area contributed by atoms with Crippen molar-refractivity contribution in [2.75, 3.05) is 6.61 Å². The highest BCUT2D eigenvalue weighted by Crippen LogP contribution is 2.43. The molecule has 2 atom stereocenters. The van der Waals surface area contributed by atoms with E-state index in [9.17, 15) is 4.79 Å². The van der Waals surface area contributed by atoms with Gasteiger partial charge in [-0.05, 0) is 50.7 Å². The van der Waals surface area contributed by atoms with E-state index in [4.69, 9.17) is 13.9 Å². The standard InChI is InChI=1S/C25H31NO4Si/c1-6-28-19(2)22(30-31(3,4)5)17-18-26-23(20-13-9-7-10-14-20)24(29-25(26)27)21-15-11-8-12-16-21/h7-18,23-24H,6H2,1-5H3/b18-17+,22-19-/t23-,24+/m1/s1. The number of amides is 1. The molecule has 1 heterocycles. The first-order valence-electron chi connectivity index (χ1n) is 10.6. The Morgan fingerprint density at radius 1 is 1.03 bits per heavy atom. The van der Waals surface area contributed by atoms with Gasteiger partial charge in [-0.1, -0.05) is 60.7 Å². The molecule has 3 rings (SSSR count). The number of ether oxygens (including phenoxy) is 2. The zero-order valence-corrected chi connectivity index (χ0v) is 19.9. The van der Waals surface area contributed by atoms with Crippen LogP contribution < -0.4 is 0 Å². The number of rotatable bonds is 8. The molecule has 0 aliphatic carbocycles. The molecular weight excluding hydrogens is 406 g/mol. The molecule has 0 unspecified atom stereocenters. The summed E-state index contributed by atoms with van der Waals surface area (Å²) in [6.07, 6.45) is 2.77. The molecule has 0 bridgehead atoms. The number of hydrogen-bond acceptors (Lipinski definition) is 4. The summed E-state index contributed by atoms with van der Waals surface area (Å²) in [6, 6.07) is 19.5. The Balaban J connectivity index is 1.99. The maximum absolute atomic E-state index is 12.9. The summed E-state index contributed by atoms with van der Waals surface area (Å²) in [7, 11) is -1.88. The van der Waals surface area contributed by atoms with Gasteiger partial charge in [0.25, 0.3) is 0 Å². The van der Waals surface area contributed by atoms with Crippen LogP contribution in [-0.4, -0.2) is 25.9 Å². The van der Waals surface area contributed by atoms with Crippen molar-refractivity contribution < 1.29 is 18.7 Å². The highest BCUT2D eigenvalue weighted by Gasteiger charge is 2.42. The Morgan fingerprint density at radius 2 is 1.61 bits per heavy atom. The van der Waals surface area contributed by atoms with Gasteiger partial charge in [0.15, 0.2) is 6.10 Å². The number of carbonyl (C=O) groups is 1. The molecule has 2 aromatic carbocycles. The number of nitrogens with zero attached hydrogens (tertiary/aromatic N) is 1. The number of carbonyl (C=O) groups excluding carboxylic acids is 1. The van der Waals surface area contributed by atoms with Crippen LogP contribution in [-0.2, 0) is 13.9 Å². The zero-order chi connectivity index (χ0) is 22.4. The SMILES string of the molecule is CCO/C(C)=C(/C=C/N1C(=O)O[C@@H](c2ccccc2)[C@H]1c1ccccc1)O[Si](C)(C)C. The van der Waals surface area contributed by atoms with Crippen LogP contribution in [0.1, 0.15) is 37.1 Å². The first-order chi connectivity index (χ1) is 14.8. The summed E-state index contributed by atoms with van der Waals surface area (Å²) >= 11 is 0. The Kier molecular flexibility index (Phi) is 7.23. The van der Waals surface area contributed by atoms with E-state index in [1.165, 1.54) is 0 Å². The highest BCUT2D eigenvalue weighted by molar-refractivity contribution is 6.70. The number of cyclic esters (lactones) is 1. The van der Waals surface area contributed by atoms with Gasteiger partial charge >= 0.3 is 6.09 Å². The summed E-state index contributed by atoms with van der Waals surface area (Å²) < 4.78 is 17.7. The first-order valence-corrected chi connectivity index (χ1v) is 14.0. The van der Waals surface area contributed by atoms with Crippen molar-refractivity contribution in [3.8, 4) is 0 Å². The van der Waals surface area contributed by atoms with Crippen LogP contribution in [0, 0.1) is 0 Å². The molecular formula is C25H31NO4Si. The van der Waals surface area contributed by atoms with E-state index in [2.05, 4.69) is 19.6 Å². The predicted molar refractivity (Wildman–Crippen MR) is 125 cm³/mol. The largest absolute Gasteiger partial charge is 0.542 e. The van der Waals surface area contributed by atoms with Gasteiger partial charge in [-0.15, -0.1) is 0 Å². The van der Waals surface area contributed by atoms with E-state index in [0.717, 1.165) is 11.1 Å². The van der Waals surface area contributed by atoms with E-state index in [1.807, 2.05) is 80.6 Å². The van der Waals surface area contributed by atoms with Crippen LogP contribution in [0.5, 0.6) is 0 Å². The zero-order valence-electron chi connectivity index (χ0n) is 18.9. The molecule has 164 valence electrons. The van der Waals surface area contributed by atoms with Crippen LogP contribution >= 0.6 is 0 Å². The minimum absolute atomic E-state index is 0.284. The maximum atomic E-state index is 12.9. The van der Waals surface area contributed by atoms with Crippen LogP contribution in [0.25, 0.3) is 0 Å². The Morgan fingerprint density at radius 3 is 2.16 bits per heavy atom. The average Bonchev–Trinajstić information content (AvgIpc) is 3.08. The fourth-order valence-corrected chi connectivity index (χ4v) is 4.39. The first kappa shape index (κ1) is 22.7. The van der Waals surface area contributed by atoms with E-state index < -0.39 is 14.4 Å². The molecule has 0 aromatic heterocycles. The minimum Gasteiger partial charge on any atom is -0.542 e. The molecule has 1 aliphatic rings. The molecule has 5 nitrogen and oxygen atoms in total. The lowest BCUT2D eigenvalue weighted by atomic mass is 9.95. The lowest BCUT2D eigenvalue weighted by Crippen LogP contribution is -2.26. The normalized spacial score (nSPS) is 19.9. The van der Waals surface area contributed by atoms with E-state index in [0.29, 0.717) is 18.1 Å².